The smallest absolute Gasteiger partial charge is 0.237 e. The van der Waals surface area contributed by atoms with Crippen LogP contribution in [-0.2, 0) is 15.8 Å². The standard InChI is InChI=1S/C17H17FN2O2S3/c1-11(2)23-17-19-15-8-7-13(9-16(15)24-17)20-25(21,22)10-12-5-3-4-6-14(12)18/h3-9,11,20H,10H2,1-2H3. The molecular formula is C17H17FN2O2S3. The highest BCUT2D eigenvalue weighted by Crippen LogP contribution is 2.33. The maximum absolute atomic E-state index is 13.7. The van der Waals surface area contributed by atoms with Gasteiger partial charge in [-0.25, -0.2) is 17.8 Å². The van der Waals surface area contributed by atoms with E-state index in [0.717, 1.165) is 14.6 Å². The monoisotopic (exact) mass is 396 g/mol. The molecule has 1 N–H and O–H groups in total. The Kier molecular flexibility index (Phi) is 5.31. The van der Waals surface area contributed by atoms with Gasteiger partial charge in [0.1, 0.15) is 5.82 Å². The molecule has 0 aliphatic heterocycles. The Hall–Kier alpha value is -1.64. The van der Waals surface area contributed by atoms with Crippen LogP contribution >= 0.6 is 23.1 Å². The quantitative estimate of drug-likeness (QED) is 0.604. The van der Waals surface area contributed by atoms with Gasteiger partial charge in [0, 0.05) is 10.8 Å². The van der Waals surface area contributed by atoms with E-state index in [4.69, 9.17) is 0 Å². The predicted octanol–water partition coefficient (Wildman–Crippen LogP) is 4.88. The van der Waals surface area contributed by atoms with Crippen LogP contribution in [0.3, 0.4) is 0 Å². The van der Waals surface area contributed by atoms with Crippen molar-refractivity contribution in [2.24, 2.45) is 0 Å². The third kappa shape index (κ3) is 4.71. The summed E-state index contributed by atoms with van der Waals surface area (Å²) in [4.78, 5) is 4.52. The third-order valence-corrected chi connectivity index (χ3v) is 6.64. The first-order chi connectivity index (χ1) is 11.8. The van der Waals surface area contributed by atoms with Gasteiger partial charge in [-0.3, -0.25) is 4.72 Å². The number of thiazole rings is 1. The summed E-state index contributed by atoms with van der Waals surface area (Å²) in [5, 5.41) is 0.430. The van der Waals surface area contributed by atoms with Gasteiger partial charge in [0.2, 0.25) is 10.0 Å². The molecule has 0 unspecified atom stereocenters. The lowest BCUT2D eigenvalue weighted by atomic mass is 10.2. The molecule has 0 aliphatic carbocycles. The van der Waals surface area contributed by atoms with Crippen LogP contribution in [0.5, 0.6) is 0 Å². The molecule has 8 heteroatoms. The van der Waals surface area contributed by atoms with Gasteiger partial charge < -0.3 is 0 Å². The van der Waals surface area contributed by atoms with Crippen molar-refractivity contribution in [3.63, 3.8) is 0 Å². The molecule has 1 aromatic heterocycles. The zero-order valence-corrected chi connectivity index (χ0v) is 16.1. The maximum Gasteiger partial charge on any atom is 0.237 e. The summed E-state index contributed by atoms with van der Waals surface area (Å²) in [5.41, 5.74) is 1.43. The average molecular weight is 397 g/mol. The van der Waals surface area contributed by atoms with Crippen molar-refractivity contribution in [2.45, 2.75) is 29.2 Å². The number of benzene rings is 2. The molecule has 25 heavy (non-hydrogen) atoms. The van der Waals surface area contributed by atoms with E-state index in [-0.39, 0.29) is 5.56 Å². The van der Waals surface area contributed by atoms with E-state index in [2.05, 4.69) is 23.6 Å². The van der Waals surface area contributed by atoms with Crippen molar-refractivity contribution < 1.29 is 12.8 Å². The molecule has 0 bridgehead atoms. The number of aromatic nitrogens is 1. The molecule has 0 saturated carbocycles. The molecule has 4 nitrogen and oxygen atoms in total. The van der Waals surface area contributed by atoms with Gasteiger partial charge in [0.15, 0.2) is 4.34 Å². The van der Waals surface area contributed by atoms with Crippen molar-refractivity contribution in [1.29, 1.82) is 0 Å². The number of thioether (sulfide) groups is 1. The van der Waals surface area contributed by atoms with Crippen molar-refractivity contribution in [2.75, 3.05) is 4.72 Å². The first-order valence-electron chi connectivity index (χ1n) is 7.63. The second-order valence-corrected chi connectivity index (χ2v) is 10.4. The maximum atomic E-state index is 13.7. The minimum atomic E-state index is -3.70. The summed E-state index contributed by atoms with van der Waals surface area (Å²) < 4.78 is 42.7. The van der Waals surface area contributed by atoms with Crippen molar-refractivity contribution in [3.8, 4) is 0 Å². The largest absolute Gasteiger partial charge is 0.283 e. The number of nitrogens with one attached hydrogen (secondary N) is 1. The summed E-state index contributed by atoms with van der Waals surface area (Å²) in [6.07, 6.45) is 0. The minimum absolute atomic E-state index is 0.143. The zero-order chi connectivity index (χ0) is 18.0. The number of hydrogen-bond donors (Lipinski definition) is 1. The molecule has 132 valence electrons. The van der Waals surface area contributed by atoms with Gasteiger partial charge in [-0.2, -0.15) is 0 Å². The molecule has 0 fully saturated rings. The summed E-state index contributed by atoms with van der Waals surface area (Å²) in [6, 6.07) is 11.1. The lowest BCUT2D eigenvalue weighted by molar-refractivity contribution is 0.591. The first-order valence-corrected chi connectivity index (χ1v) is 11.0. The molecular weight excluding hydrogens is 379 g/mol. The van der Waals surface area contributed by atoms with E-state index in [1.807, 2.05) is 0 Å². The number of rotatable bonds is 6. The Morgan fingerprint density at radius 3 is 2.72 bits per heavy atom. The van der Waals surface area contributed by atoms with Gasteiger partial charge in [-0.05, 0) is 24.3 Å². The third-order valence-electron chi connectivity index (χ3n) is 3.28. The Morgan fingerprint density at radius 1 is 1.24 bits per heavy atom. The fourth-order valence-electron chi connectivity index (χ4n) is 2.25. The minimum Gasteiger partial charge on any atom is -0.283 e. The van der Waals surface area contributed by atoms with E-state index >= 15 is 0 Å². The van der Waals surface area contributed by atoms with Gasteiger partial charge in [-0.15, -0.1) is 11.3 Å². The second kappa shape index (κ2) is 7.31. The highest BCUT2D eigenvalue weighted by molar-refractivity contribution is 8.01. The molecule has 3 rings (SSSR count). The normalized spacial score (nSPS) is 12.0. The predicted molar refractivity (Wildman–Crippen MR) is 103 cm³/mol. The molecule has 0 atom stereocenters. The highest BCUT2D eigenvalue weighted by atomic mass is 32.2. The van der Waals surface area contributed by atoms with E-state index in [1.54, 1.807) is 36.0 Å². The summed E-state index contributed by atoms with van der Waals surface area (Å²) in [5.74, 6) is -0.935. The highest BCUT2D eigenvalue weighted by Gasteiger charge is 2.15. The molecule has 0 aliphatic rings. The molecule has 0 spiro atoms. The van der Waals surface area contributed by atoms with Crippen LogP contribution in [-0.4, -0.2) is 18.7 Å². The lowest BCUT2D eigenvalue weighted by Gasteiger charge is -2.08. The van der Waals surface area contributed by atoms with E-state index in [9.17, 15) is 12.8 Å². The van der Waals surface area contributed by atoms with Crippen molar-refractivity contribution >= 4 is 49.0 Å². The SMILES string of the molecule is CC(C)Sc1nc2ccc(NS(=O)(=O)Cc3ccccc3F)cc2s1. The first kappa shape index (κ1) is 18.2. The Morgan fingerprint density at radius 2 is 2.00 bits per heavy atom. The fourth-order valence-corrected chi connectivity index (χ4v) is 5.79. The number of anilines is 1. The molecule has 0 saturated heterocycles. The fraction of sp³-hybridized carbons (Fsp3) is 0.235. The molecule has 2 aromatic carbocycles. The molecule has 1 heterocycles. The number of nitrogens with zero attached hydrogens (tertiary/aromatic N) is 1. The second-order valence-electron chi connectivity index (χ2n) is 5.78. The van der Waals surface area contributed by atoms with E-state index in [0.29, 0.717) is 10.9 Å². The van der Waals surface area contributed by atoms with Gasteiger partial charge >= 0.3 is 0 Å². The van der Waals surface area contributed by atoms with E-state index < -0.39 is 21.6 Å². The number of sulfonamides is 1. The van der Waals surface area contributed by atoms with Crippen LogP contribution in [0.4, 0.5) is 10.1 Å². The van der Waals surface area contributed by atoms with Gasteiger partial charge in [0.25, 0.3) is 0 Å². The average Bonchev–Trinajstić information content (AvgIpc) is 2.89. The number of halogens is 1. The van der Waals surface area contributed by atoms with Crippen molar-refractivity contribution in [1.82, 2.24) is 4.98 Å². The zero-order valence-electron chi connectivity index (χ0n) is 13.7. The van der Waals surface area contributed by atoms with Crippen LogP contribution in [0.15, 0.2) is 46.8 Å². The molecule has 3 aromatic rings. The number of fused-ring (bicyclic) bond motifs is 1. The van der Waals surface area contributed by atoms with Gasteiger partial charge in [-0.1, -0.05) is 43.8 Å². The van der Waals surface area contributed by atoms with Crippen LogP contribution in [0.25, 0.3) is 10.2 Å². The van der Waals surface area contributed by atoms with Crippen molar-refractivity contribution in [3.05, 3.63) is 53.8 Å². The molecule has 0 amide bonds. The topological polar surface area (TPSA) is 59.1 Å². The summed E-state index contributed by atoms with van der Waals surface area (Å²) in [6.45, 7) is 4.19. The summed E-state index contributed by atoms with van der Waals surface area (Å²) >= 11 is 3.20. The van der Waals surface area contributed by atoms with Crippen LogP contribution in [0.2, 0.25) is 0 Å². The van der Waals surface area contributed by atoms with E-state index in [1.165, 1.54) is 29.5 Å². The van der Waals surface area contributed by atoms with Crippen LogP contribution in [0.1, 0.15) is 19.4 Å². The summed E-state index contributed by atoms with van der Waals surface area (Å²) in [7, 11) is -3.70. The van der Waals surface area contributed by atoms with Crippen LogP contribution < -0.4 is 4.72 Å². The Labute approximate surface area is 154 Å². The van der Waals surface area contributed by atoms with Crippen LogP contribution in [0, 0.1) is 5.82 Å². The Balaban J connectivity index is 1.80. The lowest BCUT2D eigenvalue weighted by Crippen LogP contribution is -2.15. The van der Waals surface area contributed by atoms with Gasteiger partial charge in [0.05, 0.1) is 21.7 Å². The molecule has 0 radical (unpaired) electrons. The Bertz CT molecular complexity index is 1000. The number of hydrogen-bond acceptors (Lipinski definition) is 5.